The van der Waals surface area contributed by atoms with Gasteiger partial charge in [0.05, 0.1) is 0 Å². The van der Waals surface area contributed by atoms with Crippen LogP contribution in [0.25, 0.3) is 0 Å². The molecule has 1 aromatic rings. The molecule has 74 valence electrons. The van der Waals surface area contributed by atoms with Crippen molar-refractivity contribution in [3.63, 3.8) is 0 Å². The molecule has 1 saturated heterocycles. The van der Waals surface area contributed by atoms with Crippen molar-refractivity contribution in [1.29, 1.82) is 5.41 Å². The first-order chi connectivity index (χ1) is 6.87. The Kier molecular flexibility index (Phi) is 2.64. The van der Waals surface area contributed by atoms with Gasteiger partial charge in [-0.25, -0.2) is 0 Å². The summed E-state index contributed by atoms with van der Waals surface area (Å²) in [4.78, 5) is 0. The highest BCUT2D eigenvalue weighted by molar-refractivity contribution is 5.71. The van der Waals surface area contributed by atoms with Gasteiger partial charge in [0.2, 0.25) is 0 Å². The number of piperidine rings is 1. The Balaban J connectivity index is 2.32. The lowest BCUT2D eigenvalue weighted by atomic mass is 9.74. The zero-order chi connectivity index (χ0) is 9.86. The molecular formula is C12H16N2. The van der Waals surface area contributed by atoms with Gasteiger partial charge in [0.1, 0.15) is 0 Å². The molecule has 1 aliphatic heterocycles. The van der Waals surface area contributed by atoms with Gasteiger partial charge in [-0.3, -0.25) is 0 Å². The fraction of sp³-hybridized carbons (Fsp3) is 0.417. The van der Waals surface area contributed by atoms with Crippen molar-refractivity contribution in [2.45, 2.75) is 18.3 Å². The summed E-state index contributed by atoms with van der Waals surface area (Å²) in [5.74, 6) is 0. The van der Waals surface area contributed by atoms with Crippen LogP contribution in [0.15, 0.2) is 30.3 Å². The summed E-state index contributed by atoms with van der Waals surface area (Å²) >= 11 is 0. The number of hydrogen-bond acceptors (Lipinski definition) is 2. The molecule has 0 bridgehead atoms. The zero-order valence-corrected chi connectivity index (χ0v) is 8.29. The molecule has 0 spiro atoms. The highest BCUT2D eigenvalue weighted by atomic mass is 14.9. The molecule has 2 N–H and O–H groups in total. The van der Waals surface area contributed by atoms with Crippen LogP contribution in [-0.2, 0) is 5.41 Å². The van der Waals surface area contributed by atoms with Crippen LogP contribution in [-0.4, -0.2) is 19.3 Å². The van der Waals surface area contributed by atoms with Crippen LogP contribution in [0.3, 0.4) is 0 Å². The molecule has 1 aromatic carbocycles. The third kappa shape index (κ3) is 1.58. The minimum atomic E-state index is -0.00743. The molecule has 2 heteroatoms. The number of hydrogen-bond donors (Lipinski definition) is 2. The van der Waals surface area contributed by atoms with Crippen LogP contribution in [0.4, 0.5) is 0 Å². The fourth-order valence-corrected chi connectivity index (χ4v) is 2.16. The van der Waals surface area contributed by atoms with Gasteiger partial charge in [0.15, 0.2) is 0 Å². The summed E-state index contributed by atoms with van der Waals surface area (Å²) in [5, 5.41) is 11.0. The molecule has 14 heavy (non-hydrogen) atoms. The van der Waals surface area contributed by atoms with E-state index >= 15 is 0 Å². The van der Waals surface area contributed by atoms with Crippen LogP contribution in [0.2, 0.25) is 0 Å². The lowest BCUT2D eigenvalue weighted by molar-refractivity contribution is 0.402. The molecule has 0 aromatic heterocycles. The highest BCUT2D eigenvalue weighted by Crippen LogP contribution is 2.30. The minimum absolute atomic E-state index is 0.00743. The Morgan fingerprint density at radius 3 is 2.36 bits per heavy atom. The Hall–Kier alpha value is -1.15. The average molecular weight is 188 g/mol. The van der Waals surface area contributed by atoms with Crippen LogP contribution >= 0.6 is 0 Å². The molecule has 1 heterocycles. The van der Waals surface area contributed by atoms with Crippen LogP contribution in [0.1, 0.15) is 18.4 Å². The Morgan fingerprint density at radius 1 is 1.14 bits per heavy atom. The molecule has 0 atom stereocenters. The summed E-state index contributed by atoms with van der Waals surface area (Å²) in [6.45, 7) is 2.04. The van der Waals surface area contributed by atoms with Crippen LogP contribution < -0.4 is 5.32 Å². The van der Waals surface area contributed by atoms with E-state index in [2.05, 4.69) is 29.6 Å². The van der Waals surface area contributed by atoms with E-state index in [-0.39, 0.29) is 5.41 Å². The van der Waals surface area contributed by atoms with Gasteiger partial charge >= 0.3 is 0 Å². The third-order valence-electron chi connectivity index (χ3n) is 3.12. The van der Waals surface area contributed by atoms with Crippen molar-refractivity contribution >= 4 is 6.21 Å². The third-order valence-corrected chi connectivity index (χ3v) is 3.12. The van der Waals surface area contributed by atoms with Gasteiger partial charge in [0, 0.05) is 11.6 Å². The lowest BCUT2D eigenvalue weighted by Gasteiger charge is -2.34. The predicted molar refractivity (Wildman–Crippen MR) is 59.0 cm³/mol. The number of nitrogens with one attached hydrogen (secondary N) is 2. The summed E-state index contributed by atoms with van der Waals surface area (Å²) in [6.07, 6.45) is 3.71. The number of benzene rings is 1. The highest BCUT2D eigenvalue weighted by Gasteiger charge is 2.31. The van der Waals surface area contributed by atoms with Gasteiger partial charge in [-0.2, -0.15) is 0 Å². The average Bonchev–Trinajstić information content (AvgIpc) is 2.31. The number of rotatable bonds is 2. The largest absolute Gasteiger partial charge is 0.317 e. The molecule has 0 amide bonds. The summed E-state index contributed by atoms with van der Waals surface area (Å²) in [5.41, 5.74) is 1.28. The van der Waals surface area contributed by atoms with Gasteiger partial charge in [-0.05, 0) is 31.5 Å². The van der Waals surface area contributed by atoms with E-state index in [4.69, 9.17) is 5.41 Å². The molecule has 2 rings (SSSR count). The minimum Gasteiger partial charge on any atom is -0.317 e. The SMILES string of the molecule is N=CC1(c2ccccc2)CCNCC1. The second-order valence-electron chi connectivity index (χ2n) is 3.92. The Bertz CT molecular complexity index is 299. The topological polar surface area (TPSA) is 35.9 Å². The fourth-order valence-electron chi connectivity index (χ4n) is 2.16. The maximum Gasteiger partial charge on any atom is 0.0323 e. The van der Waals surface area contributed by atoms with Crippen molar-refractivity contribution in [2.75, 3.05) is 13.1 Å². The molecule has 0 radical (unpaired) electrons. The first-order valence-corrected chi connectivity index (χ1v) is 5.15. The van der Waals surface area contributed by atoms with Crippen molar-refractivity contribution in [2.24, 2.45) is 0 Å². The summed E-state index contributed by atoms with van der Waals surface area (Å²) in [6, 6.07) is 10.4. The van der Waals surface area contributed by atoms with Crippen LogP contribution in [0, 0.1) is 5.41 Å². The molecule has 1 aliphatic rings. The lowest BCUT2D eigenvalue weighted by Crippen LogP contribution is -2.40. The van der Waals surface area contributed by atoms with Gasteiger partial charge < -0.3 is 10.7 Å². The maximum absolute atomic E-state index is 7.63. The second-order valence-corrected chi connectivity index (χ2v) is 3.92. The van der Waals surface area contributed by atoms with Crippen LogP contribution in [0.5, 0.6) is 0 Å². The molecule has 0 unspecified atom stereocenters. The normalized spacial score (nSPS) is 20.3. The smallest absolute Gasteiger partial charge is 0.0323 e. The molecule has 1 fully saturated rings. The van der Waals surface area contributed by atoms with Crippen molar-refractivity contribution < 1.29 is 0 Å². The summed E-state index contributed by atoms with van der Waals surface area (Å²) in [7, 11) is 0. The molecule has 2 nitrogen and oxygen atoms in total. The monoisotopic (exact) mass is 188 g/mol. The van der Waals surface area contributed by atoms with E-state index in [0.717, 1.165) is 25.9 Å². The van der Waals surface area contributed by atoms with Crippen molar-refractivity contribution in [3.8, 4) is 0 Å². The zero-order valence-electron chi connectivity index (χ0n) is 8.29. The van der Waals surface area contributed by atoms with Gasteiger partial charge in [0.25, 0.3) is 0 Å². The van der Waals surface area contributed by atoms with E-state index in [1.807, 2.05) is 6.07 Å². The maximum atomic E-state index is 7.63. The Morgan fingerprint density at radius 2 is 1.79 bits per heavy atom. The van der Waals surface area contributed by atoms with E-state index in [1.165, 1.54) is 5.56 Å². The van der Waals surface area contributed by atoms with E-state index in [0.29, 0.717) is 0 Å². The molecule has 0 aliphatic carbocycles. The van der Waals surface area contributed by atoms with Crippen molar-refractivity contribution in [3.05, 3.63) is 35.9 Å². The predicted octanol–water partition coefficient (Wildman–Crippen LogP) is 1.96. The van der Waals surface area contributed by atoms with Gasteiger partial charge in [-0.1, -0.05) is 30.3 Å². The van der Waals surface area contributed by atoms with Gasteiger partial charge in [-0.15, -0.1) is 0 Å². The first-order valence-electron chi connectivity index (χ1n) is 5.15. The second kappa shape index (κ2) is 3.93. The first kappa shape index (κ1) is 9.41. The quantitative estimate of drug-likeness (QED) is 0.684. The molecular weight excluding hydrogens is 172 g/mol. The molecule has 0 saturated carbocycles. The van der Waals surface area contributed by atoms with E-state index in [9.17, 15) is 0 Å². The standard InChI is InChI=1S/C12H16N2/c13-10-12(6-8-14-9-7-12)11-4-2-1-3-5-11/h1-5,10,13-14H,6-9H2. The summed E-state index contributed by atoms with van der Waals surface area (Å²) < 4.78 is 0. The van der Waals surface area contributed by atoms with E-state index in [1.54, 1.807) is 6.21 Å². The van der Waals surface area contributed by atoms with E-state index < -0.39 is 0 Å². The van der Waals surface area contributed by atoms with Crippen molar-refractivity contribution in [1.82, 2.24) is 5.32 Å². The Labute approximate surface area is 84.9 Å².